The molecule has 0 aliphatic carbocycles. The van der Waals surface area contributed by atoms with Crippen LogP contribution in [0.15, 0.2) is 30.5 Å². The van der Waals surface area contributed by atoms with Crippen LogP contribution in [0.5, 0.6) is 0 Å². The van der Waals surface area contributed by atoms with Gasteiger partial charge in [0.25, 0.3) is 0 Å². The molecule has 2 heterocycles. The van der Waals surface area contributed by atoms with Gasteiger partial charge in [-0.05, 0) is 12.1 Å². The molecular weight excluding hydrogens is 233 g/mol. The highest BCUT2D eigenvalue weighted by Crippen LogP contribution is 2.26. The van der Waals surface area contributed by atoms with Gasteiger partial charge in [0.15, 0.2) is 0 Å². The first-order valence-corrected chi connectivity index (χ1v) is 6.01. The highest BCUT2D eigenvalue weighted by molar-refractivity contribution is 5.75. The molecular formula is C13H14FN3O. The highest BCUT2D eigenvalue weighted by Gasteiger charge is 2.32. The largest absolute Gasteiger partial charge is 0.394 e. The predicted octanol–water partition coefficient (Wildman–Crippen LogP) is 1.54. The maximum atomic E-state index is 13.4. The Morgan fingerprint density at radius 2 is 2.11 bits per heavy atom. The molecule has 0 amide bonds. The van der Waals surface area contributed by atoms with E-state index < -0.39 is 6.17 Å². The molecule has 0 bridgehead atoms. The number of hydrogen-bond acceptors (Lipinski definition) is 4. The first-order valence-electron chi connectivity index (χ1n) is 6.01. The number of aromatic nitrogens is 2. The fraction of sp³-hybridized carbons (Fsp3) is 0.385. The van der Waals surface area contributed by atoms with E-state index in [-0.39, 0.29) is 19.2 Å². The molecule has 2 aromatic rings. The van der Waals surface area contributed by atoms with Crippen molar-refractivity contribution in [3.8, 4) is 0 Å². The molecule has 1 fully saturated rings. The standard InChI is InChI=1S/C13H14FN3O/c14-9-5-10(8-18)17(7-9)13-6-15-11-3-1-2-4-12(11)16-13/h1-4,6,9-10,18H,5,7-8H2/t9-,10-/m0/s1. The van der Waals surface area contributed by atoms with Crippen molar-refractivity contribution in [2.45, 2.75) is 18.6 Å². The first kappa shape index (κ1) is 11.3. The van der Waals surface area contributed by atoms with Crippen LogP contribution in [-0.4, -0.2) is 40.4 Å². The lowest BCUT2D eigenvalue weighted by Gasteiger charge is -2.23. The fourth-order valence-electron chi connectivity index (χ4n) is 2.40. The number of anilines is 1. The summed E-state index contributed by atoms with van der Waals surface area (Å²) < 4.78 is 13.4. The minimum atomic E-state index is -0.907. The van der Waals surface area contributed by atoms with Crippen LogP contribution in [0, 0.1) is 0 Å². The zero-order valence-corrected chi connectivity index (χ0v) is 9.83. The third-order valence-corrected chi connectivity index (χ3v) is 3.30. The maximum Gasteiger partial charge on any atom is 0.148 e. The topological polar surface area (TPSA) is 49.2 Å². The van der Waals surface area contributed by atoms with E-state index >= 15 is 0 Å². The van der Waals surface area contributed by atoms with Gasteiger partial charge in [-0.25, -0.2) is 9.37 Å². The maximum absolute atomic E-state index is 13.4. The Labute approximate surface area is 104 Å². The molecule has 1 aliphatic rings. The molecule has 18 heavy (non-hydrogen) atoms. The van der Waals surface area contributed by atoms with Crippen LogP contribution in [0.3, 0.4) is 0 Å². The molecule has 2 atom stereocenters. The van der Waals surface area contributed by atoms with E-state index in [2.05, 4.69) is 9.97 Å². The lowest BCUT2D eigenvalue weighted by Crippen LogP contribution is -2.33. The van der Waals surface area contributed by atoms with E-state index in [0.29, 0.717) is 12.2 Å². The van der Waals surface area contributed by atoms with Crippen molar-refractivity contribution in [3.63, 3.8) is 0 Å². The van der Waals surface area contributed by atoms with Crippen LogP contribution < -0.4 is 4.90 Å². The van der Waals surface area contributed by atoms with Crippen LogP contribution in [0.25, 0.3) is 11.0 Å². The number of hydrogen-bond donors (Lipinski definition) is 1. The van der Waals surface area contributed by atoms with Crippen molar-refractivity contribution >= 4 is 16.9 Å². The highest BCUT2D eigenvalue weighted by atomic mass is 19.1. The number of halogens is 1. The van der Waals surface area contributed by atoms with E-state index in [0.717, 1.165) is 11.0 Å². The molecule has 94 valence electrons. The molecule has 0 unspecified atom stereocenters. The van der Waals surface area contributed by atoms with Crippen molar-refractivity contribution in [2.75, 3.05) is 18.1 Å². The van der Waals surface area contributed by atoms with Crippen LogP contribution in [-0.2, 0) is 0 Å². The van der Waals surface area contributed by atoms with E-state index in [4.69, 9.17) is 0 Å². The Morgan fingerprint density at radius 3 is 2.89 bits per heavy atom. The third kappa shape index (κ3) is 1.90. The second kappa shape index (κ2) is 4.49. The number of rotatable bonds is 2. The summed E-state index contributed by atoms with van der Waals surface area (Å²) in [5.74, 6) is 0.632. The van der Waals surface area contributed by atoms with Gasteiger partial charge in [0.05, 0.1) is 36.4 Å². The van der Waals surface area contributed by atoms with E-state index in [1.54, 1.807) is 11.1 Å². The molecule has 4 nitrogen and oxygen atoms in total. The van der Waals surface area contributed by atoms with Crippen molar-refractivity contribution in [1.29, 1.82) is 0 Å². The van der Waals surface area contributed by atoms with Gasteiger partial charge < -0.3 is 10.0 Å². The van der Waals surface area contributed by atoms with Gasteiger partial charge >= 0.3 is 0 Å². The molecule has 1 saturated heterocycles. The number of aliphatic hydroxyl groups is 1. The minimum absolute atomic E-state index is 0.0606. The summed E-state index contributed by atoms with van der Waals surface area (Å²) >= 11 is 0. The molecule has 3 rings (SSSR count). The molecule has 1 aromatic carbocycles. The lowest BCUT2D eigenvalue weighted by atomic mass is 10.2. The number of fused-ring (bicyclic) bond motifs is 1. The van der Waals surface area contributed by atoms with Crippen LogP contribution in [0.2, 0.25) is 0 Å². The lowest BCUT2D eigenvalue weighted by molar-refractivity contribution is 0.255. The monoisotopic (exact) mass is 247 g/mol. The Kier molecular flexibility index (Phi) is 2.83. The van der Waals surface area contributed by atoms with Crippen molar-refractivity contribution < 1.29 is 9.50 Å². The summed E-state index contributed by atoms with van der Waals surface area (Å²) in [7, 11) is 0. The van der Waals surface area contributed by atoms with Crippen molar-refractivity contribution in [1.82, 2.24) is 9.97 Å². The Morgan fingerprint density at radius 1 is 1.33 bits per heavy atom. The van der Waals surface area contributed by atoms with Crippen LogP contribution >= 0.6 is 0 Å². The quantitative estimate of drug-likeness (QED) is 0.874. The first-order chi connectivity index (χ1) is 8.78. The summed E-state index contributed by atoms with van der Waals surface area (Å²) in [5.41, 5.74) is 1.60. The number of alkyl halides is 1. The zero-order chi connectivity index (χ0) is 12.5. The van der Waals surface area contributed by atoms with Gasteiger partial charge in [0.1, 0.15) is 12.0 Å². The summed E-state index contributed by atoms with van der Waals surface area (Å²) in [6, 6.07) is 7.36. The van der Waals surface area contributed by atoms with Crippen LogP contribution in [0.4, 0.5) is 10.2 Å². The number of para-hydroxylation sites is 2. The zero-order valence-electron chi connectivity index (χ0n) is 9.83. The summed E-state index contributed by atoms with van der Waals surface area (Å²) in [4.78, 5) is 10.6. The minimum Gasteiger partial charge on any atom is -0.394 e. The third-order valence-electron chi connectivity index (χ3n) is 3.30. The summed E-state index contributed by atoms with van der Waals surface area (Å²) in [6.45, 7) is 0.215. The van der Waals surface area contributed by atoms with Gasteiger partial charge in [-0.1, -0.05) is 12.1 Å². The van der Waals surface area contributed by atoms with Crippen LogP contribution in [0.1, 0.15) is 6.42 Å². The van der Waals surface area contributed by atoms with Crippen molar-refractivity contribution in [2.24, 2.45) is 0 Å². The smallest absolute Gasteiger partial charge is 0.148 e. The summed E-state index contributed by atoms with van der Waals surface area (Å²) in [5, 5.41) is 9.27. The number of nitrogens with zero attached hydrogens (tertiary/aromatic N) is 3. The van der Waals surface area contributed by atoms with E-state index in [1.807, 2.05) is 24.3 Å². The molecule has 5 heteroatoms. The second-order valence-electron chi connectivity index (χ2n) is 4.54. The SMILES string of the molecule is OC[C@@H]1C[C@H](F)CN1c1cnc2ccccc2n1. The molecule has 0 radical (unpaired) electrons. The average molecular weight is 247 g/mol. The summed E-state index contributed by atoms with van der Waals surface area (Å²) in [6.07, 6.45) is 1.09. The fourth-order valence-corrected chi connectivity index (χ4v) is 2.40. The number of aliphatic hydroxyl groups excluding tert-OH is 1. The molecule has 0 spiro atoms. The Bertz CT molecular complexity index is 563. The Balaban J connectivity index is 1.98. The van der Waals surface area contributed by atoms with Gasteiger partial charge in [-0.2, -0.15) is 0 Å². The predicted molar refractivity (Wildman–Crippen MR) is 67.3 cm³/mol. The average Bonchev–Trinajstić information content (AvgIpc) is 2.79. The molecule has 1 N–H and O–H groups in total. The Hall–Kier alpha value is -1.75. The van der Waals surface area contributed by atoms with Gasteiger partial charge in [0, 0.05) is 6.42 Å². The van der Waals surface area contributed by atoms with Gasteiger partial charge in [0.2, 0.25) is 0 Å². The molecule has 0 saturated carbocycles. The number of benzene rings is 1. The van der Waals surface area contributed by atoms with Gasteiger partial charge in [-0.15, -0.1) is 0 Å². The molecule has 1 aliphatic heterocycles. The molecule has 1 aromatic heterocycles. The van der Waals surface area contributed by atoms with Gasteiger partial charge in [-0.3, -0.25) is 4.98 Å². The second-order valence-corrected chi connectivity index (χ2v) is 4.54. The normalized spacial score (nSPS) is 23.8. The van der Waals surface area contributed by atoms with E-state index in [9.17, 15) is 9.50 Å². The van der Waals surface area contributed by atoms with Crippen molar-refractivity contribution in [3.05, 3.63) is 30.5 Å². The van der Waals surface area contributed by atoms with E-state index in [1.165, 1.54) is 0 Å².